The topological polar surface area (TPSA) is 87.6 Å². The Bertz CT molecular complexity index is 475. The molecule has 0 saturated carbocycles. The average Bonchev–Trinajstić information content (AvgIpc) is 3.04. The summed E-state index contributed by atoms with van der Waals surface area (Å²) in [5.41, 5.74) is 2.29. The molecule has 0 spiro atoms. The molecule has 2 aliphatic heterocycles. The maximum atomic E-state index is 11.3. The van der Waals surface area contributed by atoms with E-state index >= 15 is 0 Å². The number of aromatic nitrogens is 1. The lowest BCUT2D eigenvalue weighted by Crippen LogP contribution is -2.36. The number of nitrogens with zero attached hydrogens (tertiary/aromatic N) is 3. The van der Waals surface area contributed by atoms with Crippen molar-refractivity contribution in [2.75, 3.05) is 26.2 Å². The number of nitrogen functional groups attached to an aromatic ring is 1. The summed E-state index contributed by atoms with van der Waals surface area (Å²) in [5.74, 6) is 5.38. The van der Waals surface area contributed by atoms with Crippen molar-refractivity contribution in [1.29, 1.82) is 0 Å². The van der Waals surface area contributed by atoms with E-state index in [1.807, 2.05) is 0 Å². The van der Waals surface area contributed by atoms with Gasteiger partial charge in [0.05, 0.1) is 6.54 Å². The van der Waals surface area contributed by atoms with E-state index in [-0.39, 0.29) is 5.69 Å². The highest BCUT2D eigenvalue weighted by molar-refractivity contribution is 5.91. The molecule has 2 aliphatic rings. The molecule has 2 saturated heterocycles. The largest absolute Gasteiger partial charge is 0.359 e. The number of nitrogens with one attached hydrogen (secondary N) is 1. The van der Waals surface area contributed by atoms with E-state index < -0.39 is 5.91 Å². The first kappa shape index (κ1) is 13.5. The summed E-state index contributed by atoms with van der Waals surface area (Å²) >= 11 is 0. The molecule has 7 nitrogen and oxygen atoms in total. The molecule has 2 fully saturated rings. The number of fused-ring (bicyclic) bond motifs is 1. The smallest absolute Gasteiger partial charge is 0.287 e. The molecule has 20 heavy (non-hydrogen) atoms. The van der Waals surface area contributed by atoms with Crippen LogP contribution in [0.15, 0.2) is 10.6 Å². The van der Waals surface area contributed by atoms with E-state index in [1.54, 1.807) is 6.07 Å². The summed E-state index contributed by atoms with van der Waals surface area (Å²) in [5, 5.41) is 3.74. The number of hydrazine groups is 1. The van der Waals surface area contributed by atoms with Crippen LogP contribution in [0.4, 0.5) is 0 Å². The summed E-state index contributed by atoms with van der Waals surface area (Å²) in [7, 11) is 0. The molecule has 1 aromatic rings. The van der Waals surface area contributed by atoms with Gasteiger partial charge in [-0.05, 0) is 38.9 Å². The zero-order valence-corrected chi connectivity index (χ0v) is 11.5. The van der Waals surface area contributed by atoms with Gasteiger partial charge in [0.2, 0.25) is 0 Å². The minimum absolute atomic E-state index is 0.236. The van der Waals surface area contributed by atoms with Crippen LogP contribution in [-0.2, 0) is 6.54 Å². The molecular formula is C13H21N5O2. The second kappa shape index (κ2) is 5.90. The Balaban J connectivity index is 1.62. The normalized spacial score (nSPS) is 24.4. The zero-order chi connectivity index (χ0) is 13.9. The maximum Gasteiger partial charge on any atom is 0.287 e. The van der Waals surface area contributed by atoms with Gasteiger partial charge in [-0.2, -0.15) is 0 Å². The fourth-order valence-electron chi connectivity index (χ4n) is 3.22. The van der Waals surface area contributed by atoms with Crippen molar-refractivity contribution in [2.45, 2.75) is 31.8 Å². The molecule has 1 aromatic heterocycles. The number of rotatable bonds is 3. The van der Waals surface area contributed by atoms with Crippen molar-refractivity contribution < 1.29 is 9.32 Å². The minimum atomic E-state index is -0.419. The first-order valence-corrected chi connectivity index (χ1v) is 7.19. The Hall–Kier alpha value is -1.44. The molecule has 110 valence electrons. The Labute approximate surface area is 118 Å². The molecule has 0 aliphatic carbocycles. The van der Waals surface area contributed by atoms with Crippen LogP contribution >= 0.6 is 0 Å². The third kappa shape index (κ3) is 2.84. The molecule has 0 bridgehead atoms. The molecule has 7 heteroatoms. The van der Waals surface area contributed by atoms with Crippen LogP contribution in [0.1, 0.15) is 35.5 Å². The predicted octanol–water partition coefficient (Wildman–Crippen LogP) is -0.0518. The summed E-state index contributed by atoms with van der Waals surface area (Å²) in [6.07, 6.45) is 3.77. The van der Waals surface area contributed by atoms with E-state index in [4.69, 9.17) is 10.4 Å². The Morgan fingerprint density at radius 1 is 1.45 bits per heavy atom. The van der Waals surface area contributed by atoms with Crippen molar-refractivity contribution in [3.8, 4) is 0 Å². The highest BCUT2D eigenvalue weighted by atomic mass is 16.5. The van der Waals surface area contributed by atoms with E-state index in [9.17, 15) is 4.79 Å². The lowest BCUT2D eigenvalue weighted by Gasteiger charge is -2.24. The van der Waals surface area contributed by atoms with E-state index in [0.717, 1.165) is 18.8 Å². The van der Waals surface area contributed by atoms with Crippen molar-refractivity contribution in [1.82, 2.24) is 20.4 Å². The van der Waals surface area contributed by atoms with Crippen molar-refractivity contribution >= 4 is 5.91 Å². The van der Waals surface area contributed by atoms with Crippen LogP contribution in [0, 0.1) is 0 Å². The number of hydrogen-bond acceptors (Lipinski definition) is 6. The van der Waals surface area contributed by atoms with E-state index in [2.05, 4.69) is 20.4 Å². The van der Waals surface area contributed by atoms with Gasteiger partial charge in [0.25, 0.3) is 5.91 Å². The van der Waals surface area contributed by atoms with E-state index in [0.29, 0.717) is 12.6 Å². The van der Waals surface area contributed by atoms with Gasteiger partial charge in [-0.15, -0.1) is 0 Å². The van der Waals surface area contributed by atoms with Crippen molar-refractivity contribution in [2.24, 2.45) is 5.84 Å². The molecule has 3 N–H and O–H groups in total. The fourth-order valence-corrected chi connectivity index (χ4v) is 3.22. The highest BCUT2D eigenvalue weighted by Gasteiger charge is 2.29. The summed E-state index contributed by atoms with van der Waals surface area (Å²) < 4.78 is 5.22. The van der Waals surface area contributed by atoms with Crippen molar-refractivity contribution in [3.05, 3.63) is 17.5 Å². The monoisotopic (exact) mass is 279 g/mol. The first-order valence-electron chi connectivity index (χ1n) is 7.19. The molecule has 1 unspecified atom stereocenters. The van der Waals surface area contributed by atoms with E-state index in [1.165, 1.54) is 32.4 Å². The second-order valence-corrected chi connectivity index (χ2v) is 5.57. The second-order valence-electron chi connectivity index (χ2n) is 5.57. The minimum Gasteiger partial charge on any atom is -0.359 e. The number of nitrogens with two attached hydrogens (primary N) is 1. The van der Waals surface area contributed by atoms with Crippen LogP contribution < -0.4 is 11.3 Å². The van der Waals surface area contributed by atoms with Gasteiger partial charge < -0.3 is 4.52 Å². The number of carbonyl (C=O) groups is 1. The summed E-state index contributed by atoms with van der Waals surface area (Å²) in [6.45, 7) is 5.26. The molecule has 1 amide bonds. The fraction of sp³-hybridized carbons (Fsp3) is 0.692. The molecule has 0 aromatic carbocycles. The lowest BCUT2D eigenvalue weighted by molar-refractivity contribution is 0.0944. The van der Waals surface area contributed by atoms with Crippen molar-refractivity contribution in [3.63, 3.8) is 0 Å². The SMILES string of the molecule is NNC(=O)c1cc(CN2CCCN3CCCC3C2)on1. The lowest BCUT2D eigenvalue weighted by atomic mass is 10.2. The van der Waals surface area contributed by atoms with Crippen LogP contribution in [0.2, 0.25) is 0 Å². The molecule has 3 heterocycles. The molecule has 0 radical (unpaired) electrons. The van der Waals surface area contributed by atoms with Gasteiger partial charge in [-0.1, -0.05) is 5.16 Å². The summed E-state index contributed by atoms with van der Waals surface area (Å²) in [6, 6.07) is 2.34. The third-order valence-corrected chi connectivity index (χ3v) is 4.19. The Morgan fingerprint density at radius 2 is 2.30 bits per heavy atom. The molecule has 3 rings (SSSR count). The number of carbonyl (C=O) groups excluding carboxylic acids is 1. The summed E-state index contributed by atoms with van der Waals surface area (Å²) in [4.78, 5) is 16.3. The van der Waals surface area contributed by atoms with Gasteiger partial charge in [0.1, 0.15) is 0 Å². The number of hydrogen-bond donors (Lipinski definition) is 2. The van der Waals surface area contributed by atoms with Crippen LogP contribution in [0.3, 0.4) is 0 Å². The Kier molecular flexibility index (Phi) is 4.00. The van der Waals surface area contributed by atoms with Gasteiger partial charge >= 0.3 is 0 Å². The maximum absolute atomic E-state index is 11.3. The first-order chi connectivity index (χ1) is 9.76. The third-order valence-electron chi connectivity index (χ3n) is 4.19. The van der Waals surface area contributed by atoms with Crippen LogP contribution in [0.5, 0.6) is 0 Å². The van der Waals surface area contributed by atoms with Crippen LogP contribution in [-0.4, -0.2) is 53.1 Å². The van der Waals surface area contributed by atoms with Crippen LogP contribution in [0.25, 0.3) is 0 Å². The Morgan fingerprint density at radius 3 is 3.15 bits per heavy atom. The number of amides is 1. The molecular weight excluding hydrogens is 258 g/mol. The predicted molar refractivity (Wildman–Crippen MR) is 72.6 cm³/mol. The standard InChI is InChI=1S/C13H21N5O2/c14-15-13(19)12-7-11(20-16-12)9-17-4-2-6-18-5-1-3-10(18)8-17/h7,10H,1-6,8-9,14H2,(H,15,19). The highest BCUT2D eigenvalue weighted by Crippen LogP contribution is 2.22. The van der Waals surface area contributed by atoms with Gasteiger partial charge in [0, 0.05) is 18.7 Å². The van der Waals surface area contributed by atoms with Gasteiger partial charge in [-0.3, -0.25) is 20.0 Å². The zero-order valence-electron chi connectivity index (χ0n) is 11.5. The van der Waals surface area contributed by atoms with Gasteiger partial charge in [0.15, 0.2) is 11.5 Å². The van der Waals surface area contributed by atoms with Gasteiger partial charge in [-0.25, -0.2) is 5.84 Å². The molecule has 1 atom stereocenters. The average molecular weight is 279 g/mol. The quantitative estimate of drug-likeness (QED) is 0.458.